The van der Waals surface area contributed by atoms with Crippen LogP contribution in [0.5, 0.6) is 0 Å². The Morgan fingerprint density at radius 2 is 2.06 bits per heavy atom. The SMILES string of the molecule is C=C(NCCN)c1cnc2ccccc2n1. The molecule has 0 radical (unpaired) electrons. The molecule has 1 heterocycles. The Hall–Kier alpha value is -1.94. The average molecular weight is 214 g/mol. The minimum Gasteiger partial charge on any atom is -0.382 e. The highest BCUT2D eigenvalue weighted by molar-refractivity contribution is 5.75. The third kappa shape index (κ3) is 2.17. The predicted molar refractivity (Wildman–Crippen MR) is 65.6 cm³/mol. The number of hydrogen-bond donors (Lipinski definition) is 2. The van der Waals surface area contributed by atoms with E-state index in [2.05, 4.69) is 21.9 Å². The molecule has 4 nitrogen and oxygen atoms in total. The molecular weight excluding hydrogens is 200 g/mol. The summed E-state index contributed by atoms with van der Waals surface area (Å²) in [5, 5.41) is 3.09. The van der Waals surface area contributed by atoms with Gasteiger partial charge in [0.15, 0.2) is 0 Å². The van der Waals surface area contributed by atoms with Crippen molar-refractivity contribution in [3.63, 3.8) is 0 Å². The van der Waals surface area contributed by atoms with Crippen LogP contribution in [0.3, 0.4) is 0 Å². The summed E-state index contributed by atoms with van der Waals surface area (Å²) in [6, 6.07) is 7.75. The third-order valence-electron chi connectivity index (χ3n) is 2.24. The van der Waals surface area contributed by atoms with E-state index in [0.717, 1.165) is 22.4 Å². The molecule has 0 aliphatic heterocycles. The minimum atomic E-state index is 0.569. The number of nitrogens with one attached hydrogen (secondary N) is 1. The second kappa shape index (κ2) is 4.72. The lowest BCUT2D eigenvalue weighted by molar-refractivity contribution is 0.854. The van der Waals surface area contributed by atoms with Gasteiger partial charge in [-0.2, -0.15) is 0 Å². The summed E-state index contributed by atoms with van der Waals surface area (Å²) in [5.74, 6) is 0. The highest BCUT2D eigenvalue weighted by Gasteiger charge is 2.02. The second-order valence-electron chi connectivity index (χ2n) is 3.44. The van der Waals surface area contributed by atoms with E-state index in [1.165, 1.54) is 0 Å². The van der Waals surface area contributed by atoms with Crippen LogP contribution in [0.2, 0.25) is 0 Å². The van der Waals surface area contributed by atoms with Crippen molar-refractivity contribution in [2.24, 2.45) is 5.73 Å². The number of benzene rings is 1. The molecule has 0 spiro atoms. The molecule has 1 aromatic heterocycles. The molecule has 3 N–H and O–H groups in total. The van der Waals surface area contributed by atoms with Gasteiger partial charge in [0.1, 0.15) is 5.69 Å². The highest BCUT2D eigenvalue weighted by Crippen LogP contribution is 2.11. The van der Waals surface area contributed by atoms with Crippen LogP contribution in [0.25, 0.3) is 16.7 Å². The molecule has 4 heteroatoms. The van der Waals surface area contributed by atoms with Crippen molar-refractivity contribution >= 4 is 16.7 Å². The molecule has 0 aliphatic carbocycles. The first-order valence-electron chi connectivity index (χ1n) is 5.16. The van der Waals surface area contributed by atoms with Gasteiger partial charge in [0.2, 0.25) is 0 Å². The van der Waals surface area contributed by atoms with Gasteiger partial charge in [-0.3, -0.25) is 4.98 Å². The van der Waals surface area contributed by atoms with Gasteiger partial charge in [-0.05, 0) is 12.1 Å². The molecule has 0 bridgehead atoms. The third-order valence-corrected chi connectivity index (χ3v) is 2.24. The zero-order chi connectivity index (χ0) is 11.4. The Bertz CT molecular complexity index is 507. The summed E-state index contributed by atoms with van der Waals surface area (Å²) < 4.78 is 0. The molecule has 0 amide bonds. The summed E-state index contributed by atoms with van der Waals surface area (Å²) in [7, 11) is 0. The van der Waals surface area contributed by atoms with E-state index in [1.54, 1.807) is 6.20 Å². The van der Waals surface area contributed by atoms with Gasteiger partial charge >= 0.3 is 0 Å². The lowest BCUT2D eigenvalue weighted by Crippen LogP contribution is -2.21. The molecule has 2 rings (SSSR count). The summed E-state index contributed by atoms with van der Waals surface area (Å²) in [4.78, 5) is 8.78. The van der Waals surface area contributed by atoms with E-state index in [9.17, 15) is 0 Å². The number of aromatic nitrogens is 2. The zero-order valence-electron chi connectivity index (χ0n) is 8.98. The van der Waals surface area contributed by atoms with E-state index >= 15 is 0 Å². The number of hydrogen-bond acceptors (Lipinski definition) is 4. The Morgan fingerprint density at radius 3 is 2.81 bits per heavy atom. The first-order valence-corrected chi connectivity index (χ1v) is 5.16. The second-order valence-corrected chi connectivity index (χ2v) is 3.44. The maximum atomic E-state index is 5.41. The largest absolute Gasteiger partial charge is 0.382 e. The molecule has 0 saturated carbocycles. The quantitative estimate of drug-likeness (QED) is 0.801. The summed E-state index contributed by atoms with van der Waals surface area (Å²) in [6.45, 7) is 5.16. The molecule has 82 valence electrons. The number of para-hydroxylation sites is 2. The summed E-state index contributed by atoms with van der Waals surface area (Å²) in [5.41, 5.74) is 8.67. The maximum absolute atomic E-state index is 5.41. The lowest BCUT2D eigenvalue weighted by atomic mass is 10.2. The van der Waals surface area contributed by atoms with Crippen LogP contribution in [0.1, 0.15) is 5.69 Å². The molecule has 16 heavy (non-hydrogen) atoms. The van der Waals surface area contributed by atoms with Crippen LogP contribution in [0.15, 0.2) is 37.0 Å². The van der Waals surface area contributed by atoms with Gasteiger partial charge in [-0.25, -0.2) is 4.98 Å². The van der Waals surface area contributed by atoms with Crippen molar-refractivity contribution in [2.45, 2.75) is 0 Å². The number of fused-ring (bicyclic) bond motifs is 1. The van der Waals surface area contributed by atoms with Crippen molar-refractivity contribution in [3.05, 3.63) is 42.7 Å². The molecule has 2 aromatic rings. The fourth-order valence-electron chi connectivity index (χ4n) is 1.42. The maximum Gasteiger partial charge on any atom is 0.105 e. The van der Waals surface area contributed by atoms with Gasteiger partial charge in [0.05, 0.1) is 22.9 Å². The van der Waals surface area contributed by atoms with Gasteiger partial charge in [0.25, 0.3) is 0 Å². The normalized spacial score (nSPS) is 10.3. The van der Waals surface area contributed by atoms with Gasteiger partial charge < -0.3 is 11.1 Å². The van der Waals surface area contributed by atoms with Crippen LogP contribution in [0.4, 0.5) is 0 Å². The van der Waals surface area contributed by atoms with E-state index in [1.807, 2.05) is 24.3 Å². The fourth-order valence-corrected chi connectivity index (χ4v) is 1.42. The van der Waals surface area contributed by atoms with E-state index < -0.39 is 0 Å². The van der Waals surface area contributed by atoms with Crippen molar-refractivity contribution < 1.29 is 0 Å². The molecule has 1 aromatic carbocycles. The number of rotatable bonds is 4. The molecular formula is C12H14N4. The molecule has 0 saturated heterocycles. The zero-order valence-corrected chi connectivity index (χ0v) is 8.98. The topological polar surface area (TPSA) is 63.8 Å². The minimum absolute atomic E-state index is 0.569. The molecule has 0 aliphatic rings. The van der Waals surface area contributed by atoms with Gasteiger partial charge in [-0.15, -0.1) is 0 Å². The average Bonchev–Trinajstić information content (AvgIpc) is 2.35. The first-order chi connectivity index (χ1) is 7.81. The van der Waals surface area contributed by atoms with E-state index in [0.29, 0.717) is 13.1 Å². The predicted octanol–water partition coefficient (Wildman–Crippen LogP) is 1.15. The number of nitrogens with zero attached hydrogens (tertiary/aromatic N) is 2. The summed E-state index contributed by atoms with van der Waals surface area (Å²) in [6.07, 6.45) is 1.72. The highest BCUT2D eigenvalue weighted by atomic mass is 14.9. The Labute approximate surface area is 94.2 Å². The molecule has 0 fully saturated rings. The van der Waals surface area contributed by atoms with Crippen LogP contribution in [0, 0.1) is 0 Å². The standard InChI is InChI=1S/C12H14N4/c1-9(14-7-6-13)12-8-15-10-4-2-3-5-11(10)16-12/h2-5,8,14H,1,6-7,13H2. The smallest absolute Gasteiger partial charge is 0.105 e. The monoisotopic (exact) mass is 214 g/mol. The summed E-state index contributed by atoms with van der Waals surface area (Å²) >= 11 is 0. The molecule has 0 unspecified atom stereocenters. The van der Waals surface area contributed by atoms with Crippen molar-refractivity contribution in [1.82, 2.24) is 15.3 Å². The van der Waals surface area contributed by atoms with Crippen molar-refractivity contribution in [1.29, 1.82) is 0 Å². The van der Waals surface area contributed by atoms with Crippen LogP contribution < -0.4 is 11.1 Å². The first kappa shape index (κ1) is 10.6. The Morgan fingerprint density at radius 1 is 1.31 bits per heavy atom. The van der Waals surface area contributed by atoms with E-state index in [-0.39, 0.29) is 0 Å². The van der Waals surface area contributed by atoms with Crippen LogP contribution >= 0.6 is 0 Å². The Kier molecular flexibility index (Phi) is 3.12. The van der Waals surface area contributed by atoms with Gasteiger partial charge in [-0.1, -0.05) is 18.7 Å². The van der Waals surface area contributed by atoms with Crippen molar-refractivity contribution in [3.8, 4) is 0 Å². The lowest BCUT2D eigenvalue weighted by Gasteiger charge is -2.07. The fraction of sp³-hybridized carbons (Fsp3) is 0.167. The Balaban J connectivity index is 2.28. The van der Waals surface area contributed by atoms with Crippen LogP contribution in [-0.2, 0) is 0 Å². The molecule has 0 atom stereocenters. The van der Waals surface area contributed by atoms with Crippen LogP contribution in [-0.4, -0.2) is 23.1 Å². The van der Waals surface area contributed by atoms with Crippen molar-refractivity contribution in [2.75, 3.05) is 13.1 Å². The van der Waals surface area contributed by atoms with E-state index in [4.69, 9.17) is 5.73 Å². The number of nitrogens with two attached hydrogens (primary N) is 1. The van der Waals surface area contributed by atoms with Gasteiger partial charge in [0, 0.05) is 13.1 Å².